The van der Waals surface area contributed by atoms with Crippen molar-refractivity contribution >= 4 is 51.6 Å². The fourth-order valence-corrected chi connectivity index (χ4v) is 3.61. The van der Waals surface area contributed by atoms with Crippen molar-refractivity contribution in [3.05, 3.63) is 96.0 Å². The van der Waals surface area contributed by atoms with Crippen LogP contribution in [0.5, 0.6) is 5.75 Å². The standard InChI is InChI=1S/C24H18ClFN4O2.C5H10O2/c1-2-23(31)29-17-6-8-21-19(11-17)24(28-14-27-21)30-18-7-9-22(20(25)12-18)32-13-15-4-3-5-16(26)10-15;1-2-3-4-5(6)7/h2-12,14H,1,13H2,(H,29,31)(H,27,28,30);2-4H2,1H3,(H,6,7). The number of ether oxygens (including phenoxy) is 1. The lowest BCUT2D eigenvalue weighted by Crippen LogP contribution is -2.07. The molecule has 1 heterocycles. The molecular formula is C29H28ClFN4O4. The molecule has 0 spiro atoms. The molecular weight excluding hydrogens is 523 g/mol. The number of aliphatic carboxylic acids is 1. The average Bonchev–Trinajstić information content (AvgIpc) is 2.92. The number of anilines is 3. The van der Waals surface area contributed by atoms with E-state index in [2.05, 4.69) is 27.2 Å². The topological polar surface area (TPSA) is 113 Å². The quantitative estimate of drug-likeness (QED) is 0.180. The monoisotopic (exact) mass is 550 g/mol. The van der Waals surface area contributed by atoms with Gasteiger partial charge in [0.15, 0.2) is 0 Å². The average molecular weight is 551 g/mol. The lowest BCUT2D eigenvalue weighted by molar-refractivity contribution is -0.137. The number of hydrogen-bond acceptors (Lipinski definition) is 6. The van der Waals surface area contributed by atoms with E-state index in [4.69, 9.17) is 21.4 Å². The van der Waals surface area contributed by atoms with E-state index in [1.54, 1.807) is 48.5 Å². The third kappa shape index (κ3) is 9.08. The number of carbonyl (C=O) groups excluding carboxylic acids is 1. The molecule has 10 heteroatoms. The molecule has 0 atom stereocenters. The van der Waals surface area contributed by atoms with Crippen LogP contribution in [0.1, 0.15) is 31.7 Å². The summed E-state index contributed by atoms with van der Waals surface area (Å²) in [6, 6.07) is 16.7. The highest BCUT2D eigenvalue weighted by Crippen LogP contribution is 2.31. The number of carboxylic acid groups (broad SMARTS) is 1. The zero-order valence-electron chi connectivity index (χ0n) is 21.3. The van der Waals surface area contributed by atoms with Crippen LogP contribution in [-0.2, 0) is 16.2 Å². The van der Waals surface area contributed by atoms with E-state index in [0.29, 0.717) is 45.5 Å². The Morgan fingerprint density at radius 2 is 1.90 bits per heavy atom. The van der Waals surface area contributed by atoms with Gasteiger partial charge >= 0.3 is 5.97 Å². The molecule has 8 nitrogen and oxygen atoms in total. The van der Waals surface area contributed by atoms with Gasteiger partial charge in [0.05, 0.1) is 10.5 Å². The second kappa shape index (κ2) is 14.4. The Hall–Kier alpha value is -4.50. The van der Waals surface area contributed by atoms with Crippen molar-refractivity contribution in [2.24, 2.45) is 0 Å². The Kier molecular flexibility index (Phi) is 10.8. The van der Waals surface area contributed by atoms with Gasteiger partial charge in [-0.15, -0.1) is 0 Å². The highest BCUT2D eigenvalue weighted by Gasteiger charge is 2.09. The first-order valence-corrected chi connectivity index (χ1v) is 12.5. The normalized spacial score (nSPS) is 10.2. The molecule has 0 unspecified atom stereocenters. The van der Waals surface area contributed by atoms with Gasteiger partial charge in [0, 0.05) is 23.2 Å². The van der Waals surface area contributed by atoms with Crippen LogP contribution in [0.3, 0.4) is 0 Å². The highest BCUT2D eigenvalue weighted by atomic mass is 35.5. The summed E-state index contributed by atoms with van der Waals surface area (Å²) < 4.78 is 19.0. The number of carbonyl (C=O) groups is 2. The molecule has 0 saturated carbocycles. The summed E-state index contributed by atoms with van der Waals surface area (Å²) in [6.07, 6.45) is 4.73. The minimum absolute atomic E-state index is 0.194. The number of rotatable bonds is 10. The van der Waals surface area contributed by atoms with Crippen molar-refractivity contribution in [2.45, 2.75) is 32.8 Å². The first kappa shape index (κ1) is 29.1. The Labute approximate surface area is 230 Å². The van der Waals surface area contributed by atoms with Gasteiger partial charge in [0.25, 0.3) is 0 Å². The van der Waals surface area contributed by atoms with Crippen LogP contribution >= 0.6 is 11.6 Å². The SMILES string of the molecule is C=CC(=O)Nc1ccc2ncnc(Nc3ccc(OCc4cccc(F)c4)c(Cl)c3)c2c1.CCCCC(=O)O. The van der Waals surface area contributed by atoms with Gasteiger partial charge in [-0.3, -0.25) is 9.59 Å². The van der Waals surface area contributed by atoms with Crippen LogP contribution < -0.4 is 15.4 Å². The first-order valence-electron chi connectivity index (χ1n) is 12.1. The lowest BCUT2D eigenvalue weighted by Gasteiger charge is -2.12. The maximum atomic E-state index is 13.3. The van der Waals surface area contributed by atoms with E-state index >= 15 is 0 Å². The molecule has 3 N–H and O–H groups in total. The van der Waals surface area contributed by atoms with Crippen LogP contribution in [0, 0.1) is 5.82 Å². The van der Waals surface area contributed by atoms with Crippen LogP contribution in [-0.4, -0.2) is 27.0 Å². The molecule has 1 aromatic heterocycles. The number of aromatic nitrogens is 2. The summed E-state index contributed by atoms with van der Waals surface area (Å²) in [6.45, 7) is 5.62. The van der Waals surface area contributed by atoms with Crippen molar-refractivity contribution in [1.29, 1.82) is 0 Å². The fourth-order valence-electron chi connectivity index (χ4n) is 3.38. The zero-order chi connectivity index (χ0) is 28.2. The summed E-state index contributed by atoms with van der Waals surface area (Å²) in [4.78, 5) is 29.9. The summed E-state index contributed by atoms with van der Waals surface area (Å²) in [5.41, 5.74) is 2.70. The fraction of sp³-hybridized carbons (Fsp3) is 0.172. The van der Waals surface area contributed by atoms with E-state index in [0.717, 1.165) is 18.2 Å². The molecule has 4 rings (SSSR count). The van der Waals surface area contributed by atoms with E-state index in [9.17, 15) is 14.0 Å². The second-order valence-corrected chi connectivity index (χ2v) is 8.74. The van der Waals surface area contributed by atoms with E-state index < -0.39 is 5.97 Å². The summed E-state index contributed by atoms with van der Waals surface area (Å²) in [7, 11) is 0. The summed E-state index contributed by atoms with van der Waals surface area (Å²) in [5, 5.41) is 15.1. The van der Waals surface area contributed by atoms with Crippen molar-refractivity contribution in [2.75, 3.05) is 10.6 Å². The molecule has 202 valence electrons. The zero-order valence-corrected chi connectivity index (χ0v) is 22.0. The predicted molar refractivity (Wildman–Crippen MR) is 151 cm³/mol. The Morgan fingerprint density at radius 3 is 2.56 bits per heavy atom. The predicted octanol–water partition coefficient (Wildman–Crippen LogP) is 7.13. The van der Waals surface area contributed by atoms with Gasteiger partial charge in [0.2, 0.25) is 5.91 Å². The van der Waals surface area contributed by atoms with E-state index in [1.807, 2.05) is 6.92 Å². The second-order valence-electron chi connectivity index (χ2n) is 8.33. The number of hydrogen-bond donors (Lipinski definition) is 3. The molecule has 0 radical (unpaired) electrons. The highest BCUT2D eigenvalue weighted by molar-refractivity contribution is 6.32. The van der Waals surface area contributed by atoms with Gasteiger partial charge in [-0.25, -0.2) is 14.4 Å². The van der Waals surface area contributed by atoms with Crippen LogP contribution in [0.25, 0.3) is 10.9 Å². The number of carboxylic acids is 1. The Balaban J connectivity index is 0.000000532. The smallest absolute Gasteiger partial charge is 0.303 e. The van der Waals surface area contributed by atoms with Crippen LogP contribution in [0.2, 0.25) is 5.02 Å². The number of halogens is 2. The summed E-state index contributed by atoms with van der Waals surface area (Å²) in [5.74, 6) is -0.295. The Morgan fingerprint density at radius 1 is 1.10 bits per heavy atom. The van der Waals surface area contributed by atoms with E-state index in [-0.39, 0.29) is 18.3 Å². The number of benzene rings is 3. The van der Waals surface area contributed by atoms with Gasteiger partial charge < -0.3 is 20.5 Å². The number of fused-ring (bicyclic) bond motifs is 1. The van der Waals surface area contributed by atoms with Gasteiger partial charge in [-0.1, -0.05) is 43.7 Å². The van der Waals surface area contributed by atoms with Crippen molar-refractivity contribution in [3.63, 3.8) is 0 Å². The molecule has 1 amide bonds. The molecule has 4 aromatic rings. The molecule has 0 aliphatic rings. The van der Waals surface area contributed by atoms with E-state index in [1.165, 1.54) is 24.5 Å². The lowest BCUT2D eigenvalue weighted by atomic mass is 10.2. The molecule has 0 bridgehead atoms. The van der Waals surface area contributed by atoms with Crippen LogP contribution in [0.4, 0.5) is 21.6 Å². The number of nitrogens with zero attached hydrogens (tertiary/aromatic N) is 2. The maximum absolute atomic E-state index is 13.3. The van der Waals surface area contributed by atoms with Crippen molar-refractivity contribution < 1.29 is 23.8 Å². The number of unbranched alkanes of at least 4 members (excludes halogenated alkanes) is 1. The Bertz CT molecular complexity index is 1460. The minimum atomic E-state index is -0.693. The van der Waals surface area contributed by atoms with Gasteiger partial charge in [-0.05, 0) is 66.6 Å². The molecule has 3 aromatic carbocycles. The molecule has 0 aliphatic heterocycles. The van der Waals surface area contributed by atoms with Crippen molar-refractivity contribution in [1.82, 2.24) is 9.97 Å². The maximum Gasteiger partial charge on any atom is 0.303 e. The third-order valence-electron chi connectivity index (χ3n) is 5.31. The summed E-state index contributed by atoms with van der Waals surface area (Å²) >= 11 is 6.38. The molecule has 39 heavy (non-hydrogen) atoms. The molecule has 0 fully saturated rings. The van der Waals surface area contributed by atoms with Crippen LogP contribution in [0.15, 0.2) is 79.6 Å². The van der Waals surface area contributed by atoms with Crippen molar-refractivity contribution in [3.8, 4) is 5.75 Å². The minimum Gasteiger partial charge on any atom is -0.487 e. The molecule has 0 saturated heterocycles. The van der Waals surface area contributed by atoms with Gasteiger partial charge in [0.1, 0.15) is 30.3 Å². The number of amides is 1. The van der Waals surface area contributed by atoms with Gasteiger partial charge in [-0.2, -0.15) is 0 Å². The molecule has 0 aliphatic carbocycles. The largest absolute Gasteiger partial charge is 0.487 e. The first-order chi connectivity index (χ1) is 18.8. The third-order valence-corrected chi connectivity index (χ3v) is 5.61. The number of nitrogens with one attached hydrogen (secondary N) is 2.